The molecule has 8 heteroatoms. The highest BCUT2D eigenvalue weighted by Crippen LogP contribution is 2.29. The minimum absolute atomic E-state index is 0.0923. The zero-order valence-electron chi connectivity index (χ0n) is 13.8. The van der Waals surface area contributed by atoms with Crippen LogP contribution in [-0.4, -0.2) is 22.2 Å². The standard InChI is InChI=1S/C18H18F3N3O2/c19-18(20,21)13-4-1-11(2-5-13)8-23-17(26)24-16-10-22-9-12-3-6-14(25)7-15(12)16/h1-2,4-5,9-10,14,25H,3,6-8H2,(H2,23,24,26). The highest BCUT2D eigenvalue weighted by atomic mass is 19.4. The Morgan fingerprint density at radius 3 is 2.65 bits per heavy atom. The number of aliphatic hydroxyl groups excluding tert-OH is 1. The second-order valence-electron chi connectivity index (χ2n) is 6.22. The van der Waals surface area contributed by atoms with Gasteiger partial charge >= 0.3 is 12.2 Å². The Morgan fingerprint density at radius 1 is 1.23 bits per heavy atom. The van der Waals surface area contributed by atoms with Crippen LogP contribution in [0, 0.1) is 0 Å². The molecule has 0 aliphatic heterocycles. The van der Waals surface area contributed by atoms with E-state index >= 15 is 0 Å². The predicted octanol–water partition coefficient (Wildman–Crippen LogP) is 3.27. The van der Waals surface area contributed by atoms with Gasteiger partial charge in [0.05, 0.1) is 23.6 Å². The average Bonchev–Trinajstić information content (AvgIpc) is 2.60. The number of benzene rings is 1. The lowest BCUT2D eigenvalue weighted by Crippen LogP contribution is -2.30. The maximum absolute atomic E-state index is 12.5. The van der Waals surface area contributed by atoms with E-state index in [1.807, 2.05) is 0 Å². The molecule has 1 aromatic heterocycles. The Morgan fingerprint density at radius 2 is 1.96 bits per heavy atom. The van der Waals surface area contributed by atoms with Gasteiger partial charge in [-0.2, -0.15) is 13.2 Å². The summed E-state index contributed by atoms with van der Waals surface area (Å²) in [4.78, 5) is 16.2. The number of urea groups is 1. The first-order valence-electron chi connectivity index (χ1n) is 8.18. The third-order valence-corrected chi connectivity index (χ3v) is 4.32. The number of halogens is 3. The molecular weight excluding hydrogens is 347 g/mol. The fourth-order valence-corrected chi connectivity index (χ4v) is 2.92. The Hall–Kier alpha value is -2.61. The van der Waals surface area contributed by atoms with Crippen molar-refractivity contribution in [1.29, 1.82) is 0 Å². The number of aromatic nitrogens is 1. The van der Waals surface area contributed by atoms with Gasteiger partial charge in [-0.05, 0) is 41.7 Å². The largest absolute Gasteiger partial charge is 0.416 e. The lowest BCUT2D eigenvalue weighted by Gasteiger charge is -2.22. The molecule has 0 spiro atoms. The van der Waals surface area contributed by atoms with E-state index in [0.717, 1.165) is 23.3 Å². The molecule has 3 rings (SSSR count). The van der Waals surface area contributed by atoms with Crippen molar-refractivity contribution in [3.05, 3.63) is 58.9 Å². The van der Waals surface area contributed by atoms with E-state index in [2.05, 4.69) is 15.6 Å². The van der Waals surface area contributed by atoms with Crippen LogP contribution in [0.1, 0.15) is 28.7 Å². The molecule has 5 nitrogen and oxygen atoms in total. The van der Waals surface area contributed by atoms with Crippen molar-refractivity contribution < 1.29 is 23.1 Å². The van der Waals surface area contributed by atoms with Gasteiger partial charge in [0.25, 0.3) is 0 Å². The summed E-state index contributed by atoms with van der Waals surface area (Å²) >= 11 is 0. The smallest absolute Gasteiger partial charge is 0.393 e. The number of amides is 2. The molecule has 3 N–H and O–H groups in total. The molecule has 1 aliphatic rings. The van der Waals surface area contributed by atoms with Crippen molar-refractivity contribution in [1.82, 2.24) is 10.3 Å². The maximum atomic E-state index is 12.5. The summed E-state index contributed by atoms with van der Waals surface area (Å²) in [7, 11) is 0. The number of rotatable bonds is 3. The number of carbonyl (C=O) groups excluding carboxylic acids is 1. The number of pyridine rings is 1. The quantitative estimate of drug-likeness (QED) is 0.782. The van der Waals surface area contributed by atoms with Crippen molar-refractivity contribution in [2.24, 2.45) is 0 Å². The topological polar surface area (TPSA) is 74.2 Å². The molecule has 1 unspecified atom stereocenters. The number of anilines is 1. The number of aryl methyl sites for hydroxylation is 1. The van der Waals surface area contributed by atoms with Crippen molar-refractivity contribution in [3.8, 4) is 0 Å². The van der Waals surface area contributed by atoms with E-state index in [9.17, 15) is 23.1 Å². The van der Waals surface area contributed by atoms with Gasteiger partial charge in [0.1, 0.15) is 0 Å². The van der Waals surface area contributed by atoms with E-state index in [0.29, 0.717) is 30.5 Å². The highest BCUT2D eigenvalue weighted by Gasteiger charge is 2.29. The summed E-state index contributed by atoms with van der Waals surface area (Å²) in [6.45, 7) is 0.0923. The SMILES string of the molecule is O=C(NCc1ccc(C(F)(F)F)cc1)Nc1cncc2c1CC(O)CC2. The van der Waals surface area contributed by atoms with Gasteiger partial charge < -0.3 is 15.7 Å². The van der Waals surface area contributed by atoms with Crippen LogP contribution in [-0.2, 0) is 25.6 Å². The Labute approximate surface area is 148 Å². The monoisotopic (exact) mass is 365 g/mol. The van der Waals surface area contributed by atoms with Gasteiger partial charge in [-0.3, -0.25) is 4.98 Å². The van der Waals surface area contributed by atoms with Gasteiger partial charge in [-0.15, -0.1) is 0 Å². The molecule has 0 saturated heterocycles. The van der Waals surface area contributed by atoms with Crippen molar-refractivity contribution in [2.45, 2.75) is 38.1 Å². The van der Waals surface area contributed by atoms with E-state index in [4.69, 9.17) is 0 Å². The normalized spacial score (nSPS) is 16.7. The minimum atomic E-state index is -4.38. The molecule has 0 radical (unpaired) electrons. The number of aliphatic hydroxyl groups is 1. The lowest BCUT2D eigenvalue weighted by molar-refractivity contribution is -0.137. The van der Waals surface area contributed by atoms with Crippen LogP contribution in [0.4, 0.5) is 23.7 Å². The molecule has 1 aliphatic carbocycles. The van der Waals surface area contributed by atoms with E-state index in [1.165, 1.54) is 18.3 Å². The van der Waals surface area contributed by atoms with Gasteiger partial charge in [0, 0.05) is 19.2 Å². The molecule has 1 aromatic carbocycles. The van der Waals surface area contributed by atoms with Crippen molar-refractivity contribution >= 4 is 11.7 Å². The van der Waals surface area contributed by atoms with Crippen LogP contribution in [0.15, 0.2) is 36.7 Å². The van der Waals surface area contributed by atoms with Crippen molar-refractivity contribution in [3.63, 3.8) is 0 Å². The van der Waals surface area contributed by atoms with E-state index < -0.39 is 23.9 Å². The van der Waals surface area contributed by atoms with E-state index in [1.54, 1.807) is 6.20 Å². The summed E-state index contributed by atoms with van der Waals surface area (Å²) in [5, 5.41) is 15.1. The van der Waals surface area contributed by atoms with Gasteiger partial charge in [-0.1, -0.05) is 12.1 Å². The molecule has 2 aromatic rings. The molecule has 1 heterocycles. The second-order valence-corrected chi connectivity index (χ2v) is 6.22. The summed E-state index contributed by atoms with van der Waals surface area (Å²) < 4.78 is 37.6. The second kappa shape index (κ2) is 7.33. The van der Waals surface area contributed by atoms with Crippen LogP contribution in [0.3, 0.4) is 0 Å². The number of hydrogen-bond acceptors (Lipinski definition) is 3. The third kappa shape index (κ3) is 4.32. The third-order valence-electron chi connectivity index (χ3n) is 4.32. The van der Waals surface area contributed by atoms with Crippen LogP contribution in [0.2, 0.25) is 0 Å². The summed E-state index contributed by atoms with van der Waals surface area (Å²) in [5.41, 5.74) is 2.22. The molecular formula is C18H18F3N3O2. The summed E-state index contributed by atoms with van der Waals surface area (Å²) in [6, 6.07) is 4.12. The zero-order chi connectivity index (χ0) is 18.7. The number of carbonyl (C=O) groups is 1. The van der Waals surface area contributed by atoms with E-state index in [-0.39, 0.29) is 6.54 Å². The molecule has 1 atom stereocenters. The van der Waals surface area contributed by atoms with Gasteiger partial charge in [-0.25, -0.2) is 4.79 Å². The molecule has 0 saturated carbocycles. The molecule has 138 valence electrons. The van der Waals surface area contributed by atoms with Crippen LogP contribution >= 0.6 is 0 Å². The first-order valence-corrected chi connectivity index (χ1v) is 8.18. The van der Waals surface area contributed by atoms with Crippen LogP contribution in [0.5, 0.6) is 0 Å². The molecule has 0 fully saturated rings. The van der Waals surface area contributed by atoms with Gasteiger partial charge in [0.15, 0.2) is 0 Å². The number of fused-ring (bicyclic) bond motifs is 1. The Kier molecular flexibility index (Phi) is 5.13. The lowest BCUT2D eigenvalue weighted by atomic mass is 9.90. The summed E-state index contributed by atoms with van der Waals surface area (Å²) in [5.74, 6) is 0. The van der Waals surface area contributed by atoms with Crippen molar-refractivity contribution in [2.75, 3.05) is 5.32 Å². The Balaban J connectivity index is 1.60. The minimum Gasteiger partial charge on any atom is -0.393 e. The number of nitrogens with zero attached hydrogens (tertiary/aromatic N) is 1. The number of alkyl halides is 3. The van der Waals surface area contributed by atoms with Gasteiger partial charge in [0.2, 0.25) is 0 Å². The molecule has 26 heavy (non-hydrogen) atoms. The zero-order valence-corrected chi connectivity index (χ0v) is 13.8. The molecule has 0 bridgehead atoms. The average molecular weight is 365 g/mol. The predicted molar refractivity (Wildman–Crippen MR) is 89.6 cm³/mol. The highest BCUT2D eigenvalue weighted by molar-refractivity contribution is 5.90. The fraction of sp³-hybridized carbons (Fsp3) is 0.333. The fourth-order valence-electron chi connectivity index (χ4n) is 2.92. The first kappa shape index (κ1) is 18.2. The number of nitrogens with one attached hydrogen (secondary N) is 2. The summed E-state index contributed by atoms with van der Waals surface area (Å²) in [6.07, 6.45) is 0.242. The van der Waals surface area contributed by atoms with Crippen LogP contribution < -0.4 is 10.6 Å². The first-order chi connectivity index (χ1) is 12.3. The van der Waals surface area contributed by atoms with Crippen LogP contribution in [0.25, 0.3) is 0 Å². The molecule has 2 amide bonds. The Bertz CT molecular complexity index is 791. The maximum Gasteiger partial charge on any atom is 0.416 e. The number of hydrogen-bond donors (Lipinski definition) is 3.